The number of benzene rings is 1. The van der Waals surface area contributed by atoms with Crippen molar-refractivity contribution < 1.29 is 9.52 Å². The number of hydrogen-bond donors (Lipinski definition) is 1. The number of fused-ring (bicyclic) bond motifs is 1. The van der Waals surface area contributed by atoms with Crippen molar-refractivity contribution in [2.75, 3.05) is 0 Å². The molecule has 0 saturated heterocycles. The summed E-state index contributed by atoms with van der Waals surface area (Å²) in [6, 6.07) is 9.15. The summed E-state index contributed by atoms with van der Waals surface area (Å²) in [7, 11) is 0. The van der Waals surface area contributed by atoms with E-state index >= 15 is 0 Å². The highest BCUT2D eigenvalue weighted by Gasteiger charge is 2.20. The lowest BCUT2D eigenvalue weighted by Crippen LogP contribution is -2.08. The van der Waals surface area contributed by atoms with E-state index in [1.54, 1.807) is 6.07 Å². The average Bonchev–Trinajstić information content (AvgIpc) is 3.09. The number of aliphatic hydroxyl groups excluding tert-OH is 1. The molecule has 5 heteroatoms. The number of hydrogen-bond acceptors (Lipinski definition) is 3. The molecule has 0 amide bonds. The fourth-order valence-electron chi connectivity index (χ4n) is 2.45. The van der Waals surface area contributed by atoms with Gasteiger partial charge in [-0.1, -0.05) is 18.5 Å². The van der Waals surface area contributed by atoms with E-state index in [4.69, 9.17) is 16.0 Å². The van der Waals surface area contributed by atoms with Gasteiger partial charge in [0.25, 0.3) is 0 Å². The highest BCUT2D eigenvalue weighted by Crippen LogP contribution is 2.30. The molecule has 0 radical (unpaired) electrons. The van der Waals surface area contributed by atoms with Crippen LogP contribution in [0.15, 0.2) is 34.7 Å². The molecular formula is C16H17ClN2O2. The Morgan fingerprint density at radius 1 is 1.29 bits per heavy atom. The molecule has 0 spiro atoms. The van der Waals surface area contributed by atoms with Crippen LogP contribution in [-0.2, 0) is 13.0 Å². The summed E-state index contributed by atoms with van der Waals surface area (Å²) in [6.45, 7) is 4.75. The molecule has 0 aliphatic rings. The summed E-state index contributed by atoms with van der Waals surface area (Å²) in [4.78, 5) is 0. The van der Waals surface area contributed by atoms with Crippen LogP contribution < -0.4 is 0 Å². The summed E-state index contributed by atoms with van der Waals surface area (Å²) >= 11 is 5.98. The van der Waals surface area contributed by atoms with Crippen molar-refractivity contribution in [2.24, 2.45) is 0 Å². The van der Waals surface area contributed by atoms with Crippen LogP contribution >= 0.6 is 11.6 Å². The van der Waals surface area contributed by atoms with Crippen molar-refractivity contribution in [2.45, 2.75) is 32.9 Å². The van der Waals surface area contributed by atoms with Crippen LogP contribution in [0.2, 0.25) is 5.02 Å². The second-order valence-electron chi connectivity index (χ2n) is 4.96. The maximum absolute atomic E-state index is 10.6. The number of rotatable bonds is 4. The van der Waals surface area contributed by atoms with Gasteiger partial charge < -0.3 is 9.52 Å². The maximum atomic E-state index is 10.6. The van der Waals surface area contributed by atoms with Gasteiger partial charge in [-0.25, -0.2) is 0 Å². The first-order chi connectivity index (χ1) is 10.1. The molecule has 110 valence electrons. The Balaban J connectivity index is 2.03. The summed E-state index contributed by atoms with van der Waals surface area (Å²) in [5.74, 6) is 0.504. The molecule has 0 bridgehead atoms. The molecule has 3 aromatic rings. The zero-order chi connectivity index (χ0) is 15.0. The van der Waals surface area contributed by atoms with Crippen molar-refractivity contribution in [1.82, 2.24) is 9.78 Å². The molecule has 1 unspecified atom stereocenters. The highest BCUT2D eigenvalue weighted by molar-refractivity contribution is 6.31. The molecule has 1 N–H and O–H groups in total. The molecule has 1 aromatic carbocycles. The summed E-state index contributed by atoms with van der Waals surface area (Å²) in [5.41, 5.74) is 2.43. The van der Waals surface area contributed by atoms with Gasteiger partial charge in [-0.2, -0.15) is 5.10 Å². The molecule has 0 saturated carbocycles. The Labute approximate surface area is 127 Å². The molecular weight excluding hydrogens is 288 g/mol. The fourth-order valence-corrected chi connectivity index (χ4v) is 2.63. The number of nitrogens with zero attached hydrogens (tertiary/aromatic N) is 2. The zero-order valence-electron chi connectivity index (χ0n) is 12.0. The van der Waals surface area contributed by atoms with Crippen LogP contribution in [0.4, 0.5) is 0 Å². The number of aliphatic hydroxyl groups is 1. The lowest BCUT2D eigenvalue weighted by molar-refractivity contribution is 0.181. The van der Waals surface area contributed by atoms with Gasteiger partial charge in [0.05, 0.1) is 11.4 Å². The van der Waals surface area contributed by atoms with Gasteiger partial charge in [0.1, 0.15) is 11.3 Å². The van der Waals surface area contributed by atoms with E-state index < -0.39 is 6.10 Å². The highest BCUT2D eigenvalue weighted by atomic mass is 35.5. The van der Waals surface area contributed by atoms with E-state index in [9.17, 15) is 5.11 Å². The Morgan fingerprint density at radius 3 is 2.81 bits per heavy atom. The predicted molar refractivity (Wildman–Crippen MR) is 82.6 cm³/mol. The first kappa shape index (κ1) is 14.2. The van der Waals surface area contributed by atoms with Gasteiger partial charge in [0, 0.05) is 17.0 Å². The first-order valence-electron chi connectivity index (χ1n) is 7.06. The van der Waals surface area contributed by atoms with E-state index in [0.29, 0.717) is 22.9 Å². The van der Waals surface area contributed by atoms with Crippen molar-refractivity contribution in [1.29, 1.82) is 0 Å². The van der Waals surface area contributed by atoms with Crippen LogP contribution in [0.5, 0.6) is 0 Å². The molecule has 1 atom stereocenters. The van der Waals surface area contributed by atoms with Gasteiger partial charge >= 0.3 is 0 Å². The Kier molecular flexibility index (Phi) is 3.74. The van der Waals surface area contributed by atoms with E-state index in [1.165, 1.54) is 0 Å². The van der Waals surface area contributed by atoms with Gasteiger partial charge in [0.15, 0.2) is 6.10 Å². The molecule has 0 aliphatic carbocycles. The minimum absolute atomic E-state index is 0.504. The van der Waals surface area contributed by atoms with Gasteiger partial charge in [-0.15, -0.1) is 0 Å². The minimum atomic E-state index is -0.830. The Morgan fingerprint density at radius 2 is 2.10 bits per heavy atom. The predicted octanol–water partition coefficient (Wildman–Crippen LogP) is 3.95. The molecule has 4 nitrogen and oxygen atoms in total. The number of halogens is 1. The average molecular weight is 305 g/mol. The molecule has 0 fully saturated rings. The molecule has 0 aliphatic heterocycles. The van der Waals surface area contributed by atoms with Crippen molar-refractivity contribution in [3.8, 4) is 0 Å². The van der Waals surface area contributed by atoms with Gasteiger partial charge in [-0.05, 0) is 43.7 Å². The molecule has 2 aromatic heterocycles. The smallest absolute Gasteiger partial charge is 0.153 e. The summed E-state index contributed by atoms with van der Waals surface area (Å²) in [6.07, 6.45) is 0.00607. The minimum Gasteiger partial charge on any atom is -0.458 e. The monoisotopic (exact) mass is 304 g/mol. The van der Waals surface area contributed by atoms with Gasteiger partial charge in [0.2, 0.25) is 0 Å². The third-order valence-corrected chi connectivity index (χ3v) is 3.81. The normalized spacial score (nSPS) is 13.0. The molecule has 21 heavy (non-hydrogen) atoms. The SMILES string of the molecule is CCc1cc(C(O)c2cc3cc(Cl)ccc3o2)n(CC)n1. The quantitative estimate of drug-likeness (QED) is 0.794. The van der Waals surface area contributed by atoms with Crippen molar-refractivity contribution in [3.63, 3.8) is 0 Å². The second kappa shape index (κ2) is 5.54. The van der Waals surface area contributed by atoms with Crippen LogP contribution in [-0.4, -0.2) is 14.9 Å². The standard InChI is InChI=1S/C16H17ClN2O2/c1-3-12-9-13(19(4-2)18-12)16(20)15-8-10-7-11(17)5-6-14(10)21-15/h5-9,16,20H,3-4H2,1-2H3. The van der Waals surface area contributed by atoms with E-state index in [-0.39, 0.29) is 0 Å². The van der Waals surface area contributed by atoms with E-state index in [0.717, 1.165) is 23.2 Å². The first-order valence-corrected chi connectivity index (χ1v) is 7.43. The second-order valence-corrected chi connectivity index (χ2v) is 5.40. The number of furan rings is 1. The van der Waals surface area contributed by atoms with Crippen molar-refractivity contribution in [3.05, 3.63) is 52.5 Å². The summed E-state index contributed by atoms with van der Waals surface area (Å²) < 4.78 is 7.54. The number of aromatic nitrogens is 2. The van der Waals surface area contributed by atoms with Crippen LogP contribution in [0, 0.1) is 0 Å². The van der Waals surface area contributed by atoms with Crippen LogP contribution in [0.3, 0.4) is 0 Å². The fraction of sp³-hybridized carbons (Fsp3) is 0.312. The topological polar surface area (TPSA) is 51.2 Å². The molecule has 3 rings (SSSR count). The Bertz CT molecular complexity index is 776. The zero-order valence-corrected chi connectivity index (χ0v) is 12.8. The van der Waals surface area contributed by atoms with Crippen LogP contribution in [0.25, 0.3) is 11.0 Å². The van der Waals surface area contributed by atoms with Crippen LogP contribution in [0.1, 0.15) is 37.1 Å². The largest absolute Gasteiger partial charge is 0.458 e. The van der Waals surface area contributed by atoms with E-state index in [2.05, 4.69) is 5.10 Å². The lowest BCUT2D eigenvalue weighted by atomic mass is 10.1. The Hall–Kier alpha value is -1.78. The summed E-state index contributed by atoms with van der Waals surface area (Å²) in [5, 5.41) is 16.6. The van der Waals surface area contributed by atoms with E-state index in [1.807, 2.05) is 42.8 Å². The van der Waals surface area contributed by atoms with Crippen molar-refractivity contribution >= 4 is 22.6 Å². The third kappa shape index (κ3) is 2.57. The maximum Gasteiger partial charge on any atom is 0.153 e. The number of aryl methyl sites for hydroxylation is 2. The third-order valence-electron chi connectivity index (χ3n) is 3.57. The molecule has 2 heterocycles. The van der Waals surface area contributed by atoms with Gasteiger partial charge in [-0.3, -0.25) is 4.68 Å². The lowest BCUT2D eigenvalue weighted by Gasteiger charge is -2.09.